The molecule has 3 heteroatoms. The van der Waals surface area contributed by atoms with E-state index in [0.29, 0.717) is 0 Å². The van der Waals surface area contributed by atoms with Gasteiger partial charge in [0.2, 0.25) is 0 Å². The molecule has 18 heavy (non-hydrogen) atoms. The van der Waals surface area contributed by atoms with Crippen molar-refractivity contribution in [3.63, 3.8) is 0 Å². The first-order chi connectivity index (χ1) is 8.45. The van der Waals surface area contributed by atoms with Gasteiger partial charge in [-0.3, -0.25) is 4.79 Å². The van der Waals surface area contributed by atoms with E-state index in [2.05, 4.69) is 13.2 Å². The van der Waals surface area contributed by atoms with Crippen LogP contribution in [-0.2, 0) is 14.3 Å². The molecule has 0 aliphatic heterocycles. The minimum absolute atomic E-state index is 0.200. The third-order valence-electron chi connectivity index (χ3n) is 3.88. The summed E-state index contributed by atoms with van der Waals surface area (Å²) in [7, 11) is 0. The molecule has 0 aromatic rings. The maximum atomic E-state index is 12.0. The van der Waals surface area contributed by atoms with Crippen molar-refractivity contribution in [1.29, 1.82) is 0 Å². The summed E-state index contributed by atoms with van der Waals surface area (Å²) < 4.78 is 5.60. The Hall–Kier alpha value is -1.38. The van der Waals surface area contributed by atoms with Crippen LogP contribution >= 0.6 is 0 Å². The summed E-state index contributed by atoms with van der Waals surface area (Å²) in [6.07, 6.45) is 6.03. The Morgan fingerprint density at radius 2 is 1.94 bits per heavy atom. The highest BCUT2D eigenvalue weighted by Crippen LogP contribution is 2.36. The summed E-state index contributed by atoms with van der Waals surface area (Å²) in [4.78, 5) is 23.5. The van der Waals surface area contributed by atoms with E-state index in [1.165, 1.54) is 6.08 Å². The maximum absolute atomic E-state index is 12.0. The number of ketones is 1. The van der Waals surface area contributed by atoms with Crippen molar-refractivity contribution >= 4 is 11.8 Å². The summed E-state index contributed by atoms with van der Waals surface area (Å²) in [5.74, 6) is -1.19. The van der Waals surface area contributed by atoms with Crippen molar-refractivity contribution in [3.8, 4) is 0 Å². The molecule has 100 valence electrons. The van der Waals surface area contributed by atoms with Gasteiger partial charge in [-0.15, -0.1) is 0 Å². The summed E-state index contributed by atoms with van der Waals surface area (Å²) in [5.41, 5.74) is -0.114. The molecule has 1 aliphatic carbocycles. The van der Waals surface area contributed by atoms with Crippen molar-refractivity contribution in [3.05, 3.63) is 24.8 Å². The standard InChI is InChI=1S/C15H22O3/c1-5-13(16)11(3)12(4)14(17)18-15(6-2)9-7-8-10-15/h5,11H,1,4,6-10H2,2-3H3. The first-order valence-corrected chi connectivity index (χ1v) is 6.54. The number of carbonyl (C=O) groups is 2. The molecule has 1 aliphatic rings. The molecule has 0 aromatic carbocycles. The highest BCUT2D eigenvalue weighted by atomic mass is 16.6. The van der Waals surface area contributed by atoms with Crippen molar-refractivity contribution in [2.24, 2.45) is 5.92 Å². The fraction of sp³-hybridized carbons (Fsp3) is 0.600. The topological polar surface area (TPSA) is 43.4 Å². The molecule has 0 radical (unpaired) electrons. The first kappa shape index (κ1) is 14.7. The van der Waals surface area contributed by atoms with Gasteiger partial charge in [0.25, 0.3) is 0 Å². The average Bonchev–Trinajstić information content (AvgIpc) is 2.85. The summed E-state index contributed by atoms with van der Waals surface area (Å²) in [6, 6.07) is 0. The van der Waals surface area contributed by atoms with Crippen LogP contribution in [0.15, 0.2) is 24.8 Å². The van der Waals surface area contributed by atoms with Crippen molar-refractivity contribution in [2.45, 2.75) is 51.6 Å². The summed E-state index contributed by atoms with van der Waals surface area (Å²) in [5, 5.41) is 0. The second-order valence-electron chi connectivity index (χ2n) is 4.99. The molecule has 1 atom stereocenters. The van der Waals surface area contributed by atoms with Crippen LogP contribution in [0.2, 0.25) is 0 Å². The van der Waals surface area contributed by atoms with E-state index in [9.17, 15) is 9.59 Å². The lowest BCUT2D eigenvalue weighted by molar-refractivity contribution is -0.155. The third-order valence-corrected chi connectivity index (χ3v) is 3.88. The number of hydrogen-bond acceptors (Lipinski definition) is 3. The van der Waals surface area contributed by atoms with Crippen LogP contribution in [0.3, 0.4) is 0 Å². The van der Waals surface area contributed by atoms with Gasteiger partial charge >= 0.3 is 5.97 Å². The lowest BCUT2D eigenvalue weighted by Gasteiger charge is -2.28. The molecule has 0 heterocycles. The minimum Gasteiger partial charge on any atom is -0.456 e. The van der Waals surface area contributed by atoms with Crippen molar-refractivity contribution in [1.82, 2.24) is 0 Å². The van der Waals surface area contributed by atoms with Crippen LogP contribution in [0.1, 0.15) is 46.0 Å². The molecule has 0 amide bonds. The van der Waals surface area contributed by atoms with Gasteiger partial charge in [-0.05, 0) is 38.2 Å². The third kappa shape index (κ3) is 3.09. The number of esters is 1. The molecule has 3 nitrogen and oxygen atoms in total. The van der Waals surface area contributed by atoms with E-state index < -0.39 is 11.9 Å². The van der Waals surface area contributed by atoms with Crippen LogP contribution in [0.5, 0.6) is 0 Å². The lowest BCUT2D eigenvalue weighted by Crippen LogP contribution is -2.33. The highest BCUT2D eigenvalue weighted by molar-refractivity contribution is 6.01. The van der Waals surface area contributed by atoms with Crippen LogP contribution in [0.4, 0.5) is 0 Å². The van der Waals surface area contributed by atoms with E-state index in [1.54, 1.807) is 6.92 Å². The number of hydrogen-bond donors (Lipinski definition) is 0. The smallest absolute Gasteiger partial charge is 0.334 e. The molecule has 0 saturated heterocycles. The van der Waals surface area contributed by atoms with E-state index >= 15 is 0 Å². The maximum Gasteiger partial charge on any atom is 0.334 e. The zero-order valence-electron chi connectivity index (χ0n) is 11.3. The Morgan fingerprint density at radius 1 is 1.39 bits per heavy atom. The quantitative estimate of drug-likeness (QED) is 0.537. The Bertz CT molecular complexity index is 362. The molecule has 1 saturated carbocycles. The predicted octanol–water partition coefficient (Wildman–Crippen LogP) is 3.20. The normalized spacial score (nSPS) is 19.0. The van der Waals surface area contributed by atoms with Crippen LogP contribution in [0, 0.1) is 5.92 Å². The number of ether oxygens (including phenoxy) is 1. The molecule has 0 aromatic heterocycles. The average molecular weight is 250 g/mol. The van der Waals surface area contributed by atoms with Crippen LogP contribution < -0.4 is 0 Å². The van der Waals surface area contributed by atoms with Crippen LogP contribution in [0.25, 0.3) is 0 Å². The molecule has 0 bridgehead atoms. The van der Waals surface area contributed by atoms with Crippen molar-refractivity contribution in [2.75, 3.05) is 0 Å². The summed E-state index contributed by atoms with van der Waals surface area (Å²) >= 11 is 0. The van der Waals surface area contributed by atoms with Gasteiger partial charge in [0.15, 0.2) is 5.78 Å². The van der Waals surface area contributed by atoms with Gasteiger partial charge < -0.3 is 4.74 Å². The molecule has 1 fully saturated rings. The van der Waals surface area contributed by atoms with E-state index in [4.69, 9.17) is 4.74 Å². The zero-order valence-corrected chi connectivity index (χ0v) is 11.3. The number of carbonyl (C=O) groups excluding carboxylic acids is 2. The molecule has 0 N–H and O–H groups in total. The zero-order chi connectivity index (χ0) is 13.8. The minimum atomic E-state index is -0.551. The SMILES string of the molecule is C=CC(=O)C(C)C(=C)C(=O)OC1(CC)CCCC1. The predicted molar refractivity (Wildman–Crippen MR) is 71.1 cm³/mol. The lowest BCUT2D eigenvalue weighted by atomic mass is 9.96. The van der Waals surface area contributed by atoms with E-state index in [-0.39, 0.29) is 17.0 Å². The molecular formula is C15H22O3. The monoisotopic (exact) mass is 250 g/mol. The fourth-order valence-corrected chi connectivity index (χ4v) is 2.33. The number of allylic oxidation sites excluding steroid dienone is 1. The van der Waals surface area contributed by atoms with Gasteiger partial charge in [0, 0.05) is 5.57 Å². The van der Waals surface area contributed by atoms with Gasteiger partial charge in [0.05, 0.1) is 5.92 Å². The van der Waals surface area contributed by atoms with E-state index in [0.717, 1.165) is 32.1 Å². The van der Waals surface area contributed by atoms with Gasteiger partial charge in [-0.25, -0.2) is 4.79 Å². The Labute approximate surface area is 109 Å². The largest absolute Gasteiger partial charge is 0.456 e. The Balaban J connectivity index is 2.67. The Kier molecular flexibility index (Phi) is 4.88. The second-order valence-corrected chi connectivity index (χ2v) is 4.99. The first-order valence-electron chi connectivity index (χ1n) is 6.54. The van der Waals surface area contributed by atoms with Gasteiger partial charge in [-0.1, -0.05) is 27.0 Å². The van der Waals surface area contributed by atoms with Crippen LogP contribution in [-0.4, -0.2) is 17.4 Å². The molecule has 1 unspecified atom stereocenters. The second kappa shape index (κ2) is 5.98. The molecule has 0 spiro atoms. The van der Waals surface area contributed by atoms with Gasteiger partial charge in [0.1, 0.15) is 5.60 Å². The fourth-order valence-electron chi connectivity index (χ4n) is 2.33. The molecular weight excluding hydrogens is 228 g/mol. The van der Waals surface area contributed by atoms with Gasteiger partial charge in [-0.2, -0.15) is 0 Å². The highest BCUT2D eigenvalue weighted by Gasteiger charge is 2.37. The molecule has 1 rings (SSSR count). The van der Waals surface area contributed by atoms with Crippen molar-refractivity contribution < 1.29 is 14.3 Å². The number of rotatable bonds is 6. The van der Waals surface area contributed by atoms with E-state index in [1.807, 2.05) is 6.92 Å². The Morgan fingerprint density at radius 3 is 2.39 bits per heavy atom. The summed E-state index contributed by atoms with van der Waals surface area (Å²) in [6.45, 7) is 10.8.